The van der Waals surface area contributed by atoms with E-state index >= 15 is 0 Å². The molecule has 114 valence electrons. The molecule has 0 spiro atoms. The van der Waals surface area contributed by atoms with Gasteiger partial charge in [0.05, 0.1) is 5.60 Å². The number of rotatable bonds is 6. The molecule has 0 bridgehead atoms. The number of nitrogens with zero attached hydrogens (tertiary/aromatic N) is 1. The molecule has 3 nitrogen and oxygen atoms in total. The minimum atomic E-state index is -0.623. The minimum absolute atomic E-state index is 0.431. The van der Waals surface area contributed by atoms with E-state index in [4.69, 9.17) is 0 Å². The van der Waals surface area contributed by atoms with Crippen LogP contribution in [0.4, 0.5) is 0 Å². The number of nitrogens with one attached hydrogen (secondary N) is 1. The molecule has 0 aliphatic carbocycles. The summed E-state index contributed by atoms with van der Waals surface area (Å²) in [5, 5.41) is 13.8. The van der Waals surface area contributed by atoms with E-state index < -0.39 is 5.60 Å². The minimum Gasteiger partial charge on any atom is -0.388 e. The van der Waals surface area contributed by atoms with Gasteiger partial charge in [-0.3, -0.25) is 0 Å². The zero-order chi connectivity index (χ0) is 14.5. The van der Waals surface area contributed by atoms with Gasteiger partial charge in [0.1, 0.15) is 0 Å². The Bertz CT molecular complexity index is 251. The first-order valence-corrected chi connectivity index (χ1v) is 7.98. The highest BCUT2D eigenvalue weighted by Gasteiger charge is 2.26. The van der Waals surface area contributed by atoms with E-state index in [9.17, 15) is 5.11 Å². The predicted octanol–water partition coefficient (Wildman–Crippen LogP) is 2.49. The molecule has 0 aromatic rings. The molecule has 0 saturated carbocycles. The van der Waals surface area contributed by atoms with Crippen LogP contribution in [0.3, 0.4) is 0 Å². The highest BCUT2D eigenvalue weighted by molar-refractivity contribution is 4.82. The van der Waals surface area contributed by atoms with Crippen LogP contribution in [-0.2, 0) is 0 Å². The van der Waals surface area contributed by atoms with Crippen LogP contribution in [0.1, 0.15) is 53.9 Å². The average Bonchev–Trinajstić information content (AvgIpc) is 2.51. The van der Waals surface area contributed by atoms with Gasteiger partial charge < -0.3 is 15.3 Å². The Labute approximate surface area is 119 Å². The third-order valence-electron chi connectivity index (χ3n) is 4.26. The van der Waals surface area contributed by atoms with Crippen molar-refractivity contribution in [1.29, 1.82) is 0 Å². The summed E-state index contributed by atoms with van der Waals surface area (Å²) in [5.41, 5.74) is -0.623. The summed E-state index contributed by atoms with van der Waals surface area (Å²) in [6.07, 6.45) is 3.91. The predicted molar refractivity (Wildman–Crippen MR) is 82.4 cm³/mol. The lowest BCUT2D eigenvalue weighted by Crippen LogP contribution is -2.49. The van der Waals surface area contributed by atoms with Crippen molar-refractivity contribution in [1.82, 2.24) is 10.2 Å². The highest BCUT2D eigenvalue weighted by Crippen LogP contribution is 2.25. The van der Waals surface area contributed by atoms with Gasteiger partial charge in [0.25, 0.3) is 0 Å². The maximum atomic E-state index is 10.5. The Morgan fingerprint density at radius 3 is 2.47 bits per heavy atom. The molecule has 19 heavy (non-hydrogen) atoms. The summed E-state index contributed by atoms with van der Waals surface area (Å²) < 4.78 is 0. The summed E-state index contributed by atoms with van der Waals surface area (Å²) in [7, 11) is 0. The average molecular weight is 270 g/mol. The fraction of sp³-hybridized carbons (Fsp3) is 1.00. The molecule has 3 heteroatoms. The van der Waals surface area contributed by atoms with E-state index in [1.54, 1.807) is 0 Å². The maximum absolute atomic E-state index is 10.5. The molecular formula is C16H34N2O. The smallest absolute Gasteiger partial charge is 0.0869 e. The molecule has 1 heterocycles. The number of likely N-dealkylation sites (tertiary alicyclic amines) is 1. The van der Waals surface area contributed by atoms with Gasteiger partial charge in [-0.15, -0.1) is 0 Å². The summed E-state index contributed by atoms with van der Waals surface area (Å²) in [6, 6.07) is 0.431. The Morgan fingerprint density at radius 2 is 1.89 bits per heavy atom. The second-order valence-corrected chi connectivity index (χ2v) is 7.24. The molecule has 1 rings (SSSR count). The van der Waals surface area contributed by atoms with E-state index in [0.717, 1.165) is 31.5 Å². The molecule has 2 N–H and O–H groups in total. The van der Waals surface area contributed by atoms with Gasteiger partial charge in [0.2, 0.25) is 0 Å². The fourth-order valence-electron chi connectivity index (χ4n) is 2.97. The summed E-state index contributed by atoms with van der Waals surface area (Å²) in [6.45, 7) is 14.6. The zero-order valence-electron chi connectivity index (χ0n) is 13.6. The summed E-state index contributed by atoms with van der Waals surface area (Å²) >= 11 is 0. The lowest BCUT2D eigenvalue weighted by Gasteiger charge is -2.32. The Hall–Kier alpha value is -0.120. The van der Waals surface area contributed by atoms with Crippen molar-refractivity contribution in [3.63, 3.8) is 0 Å². The molecule has 2 unspecified atom stereocenters. The van der Waals surface area contributed by atoms with Crippen LogP contribution in [0.2, 0.25) is 0 Å². The molecular weight excluding hydrogens is 236 g/mol. The number of aliphatic hydroxyl groups is 1. The molecule has 1 fully saturated rings. The monoisotopic (exact) mass is 270 g/mol. The van der Waals surface area contributed by atoms with Crippen molar-refractivity contribution in [3.8, 4) is 0 Å². The van der Waals surface area contributed by atoms with Gasteiger partial charge in [0, 0.05) is 19.1 Å². The quantitative estimate of drug-likeness (QED) is 0.778. The SMILES string of the molecule is CC(C)NCC(C)(O)CN1CCCC(C(C)C)CC1. The lowest BCUT2D eigenvalue weighted by atomic mass is 9.89. The molecule has 0 aromatic carbocycles. The lowest BCUT2D eigenvalue weighted by molar-refractivity contribution is 0.0192. The van der Waals surface area contributed by atoms with Crippen LogP contribution in [-0.4, -0.2) is 47.8 Å². The van der Waals surface area contributed by atoms with Gasteiger partial charge >= 0.3 is 0 Å². The van der Waals surface area contributed by atoms with Crippen LogP contribution >= 0.6 is 0 Å². The number of β-amino-alcohol motifs (C(OH)–C–C–N with tert-alkyl or cyclic N) is 1. The van der Waals surface area contributed by atoms with Crippen LogP contribution in [0, 0.1) is 11.8 Å². The van der Waals surface area contributed by atoms with E-state index in [-0.39, 0.29) is 0 Å². The largest absolute Gasteiger partial charge is 0.388 e. The second-order valence-electron chi connectivity index (χ2n) is 7.24. The van der Waals surface area contributed by atoms with Crippen molar-refractivity contribution in [3.05, 3.63) is 0 Å². The van der Waals surface area contributed by atoms with Crippen LogP contribution < -0.4 is 5.32 Å². The zero-order valence-corrected chi connectivity index (χ0v) is 13.6. The van der Waals surface area contributed by atoms with Crippen molar-refractivity contribution < 1.29 is 5.11 Å². The molecule has 2 atom stereocenters. The van der Waals surface area contributed by atoms with Crippen molar-refractivity contribution in [2.24, 2.45) is 11.8 Å². The van der Waals surface area contributed by atoms with Gasteiger partial charge in [-0.25, -0.2) is 0 Å². The van der Waals surface area contributed by atoms with E-state index in [2.05, 4.69) is 37.9 Å². The van der Waals surface area contributed by atoms with Gasteiger partial charge in [0.15, 0.2) is 0 Å². The third-order valence-corrected chi connectivity index (χ3v) is 4.26. The first-order chi connectivity index (χ1) is 8.80. The van der Waals surface area contributed by atoms with Crippen LogP contribution in [0.25, 0.3) is 0 Å². The van der Waals surface area contributed by atoms with E-state index in [1.807, 2.05) is 6.92 Å². The summed E-state index contributed by atoms with van der Waals surface area (Å²) in [5.74, 6) is 1.66. The highest BCUT2D eigenvalue weighted by atomic mass is 16.3. The Morgan fingerprint density at radius 1 is 1.21 bits per heavy atom. The van der Waals surface area contributed by atoms with Gasteiger partial charge in [-0.05, 0) is 51.1 Å². The molecule has 1 saturated heterocycles. The second kappa shape index (κ2) is 7.61. The topological polar surface area (TPSA) is 35.5 Å². The standard InChI is InChI=1S/C16H34N2O/c1-13(2)15-7-6-9-18(10-8-15)12-16(5,19)11-17-14(3)4/h13-15,17,19H,6-12H2,1-5H3. The first kappa shape index (κ1) is 16.9. The number of hydrogen-bond acceptors (Lipinski definition) is 3. The molecule has 0 amide bonds. The van der Waals surface area contributed by atoms with Crippen LogP contribution in [0.5, 0.6) is 0 Å². The maximum Gasteiger partial charge on any atom is 0.0869 e. The first-order valence-electron chi connectivity index (χ1n) is 7.98. The molecule has 0 aromatic heterocycles. The Kier molecular flexibility index (Phi) is 6.78. The van der Waals surface area contributed by atoms with Crippen molar-refractivity contribution in [2.75, 3.05) is 26.2 Å². The number of hydrogen-bond donors (Lipinski definition) is 2. The molecule has 0 radical (unpaired) electrons. The molecule has 1 aliphatic heterocycles. The van der Waals surface area contributed by atoms with Crippen molar-refractivity contribution in [2.45, 2.75) is 65.5 Å². The normalized spacial score (nSPS) is 25.6. The van der Waals surface area contributed by atoms with Crippen LogP contribution in [0.15, 0.2) is 0 Å². The third kappa shape index (κ3) is 6.73. The van der Waals surface area contributed by atoms with Gasteiger partial charge in [-0.1, -0.05) is 27.7 Å². The fourth-order valence-corrected chi connectivity index (χ4v) is 2.97. The summed E-state index contributed by atoms with van der Waals surface area (Å²) in [4.78, 5) is 2.45. The van der Waals surface area contributed by atoms with Gasteiger partial charge in [-0.2, -0.15) is 0 Å². The van der Waals surface area contributed by atoms with E-state index in [1.165, 1.54) is 19.3 Å². The Balaban J connectivity index is 2.39. The molecule has 1 aliphatic rings. The van der Waals surface area contributed by atoms with Crippen molar-refractivity contribution >= 4 is 0 Å². The van der Waals surface area contributed by atoms with E-state index in [0.29, 0.717) is 12.6 Å².